The minimum Gasteiger partial charge on any atom is -0.126 e. The number of rotatable bonds is 5. The van der Waals surface area contributed by atoms with Gasteiger partial charge in [0.1, 0.15) is 0 Å². The maximum absolute atomic E-state index is 6.31. The Labute approximate surface area is 146 Å². The van der Waals surface area contributed by atoms with Gasteiger partial charge in [0, 0.05) is 17.2 Å². The van der Waals surface area contributed by atoms with Crippen LogP contribution >= 0.6 is 46.4 Å². The van der Waals surface area contributed by atoms with Crippen LogP contribution in [0.2, 0.25) is 10.0 Å². The third-order valence-corrected chi connectivity index (χ3v) is 5.58. The second kappa shape index (κ2) is 7.24. The van der Waals surface area contributed by atoms with Crippen LogP contribution in [0, 0.1) is 6.92 Å². The van der Waals surface area contributed by atoms with Gasteiger partial charge in [0.15, 0.2) is 0 Å². The smallest absolute Gasteiger partial charge is 0.0624 e. The SMILES string of the molecule is Cc1cccc(C(CCl)(CCl)Cc2cccc(Cl)c2Cl)c1. The Morgan fingerprint density at radius 2 is 1.62 bits per heavy atom. The lowest BCUT2D eigenvalue weighted by atomic mass is 9.78. The monoisotopic (exact) mass is 360 g/mol. The van der Waals surface area contributed by atoms with E-state index in [9.17, 15) is 0 Å². The molecule has 0 radical (unpaired) electrons. The lowest BCUT2D eigenvalue weighted by Gasteiger charge is -2.31. The van der Waals surface area contributed by atoms with Gasteiger partial charge in [-0.05, 0) is 30.5 Å². The van der Waals surface area contributed by atoms with Crippen molar-refractivity contribution in [2.45, 2.75) is 18.8 Å². The van der Waals surface area contributed by atoms with E-state index in [1.165, 1.54) is 5.56 Å². The quantitative estimate of drug-likeness (QED) is 0.551. The molecule has 0 aliphatic rings. The van der Waals surface area contributed by atoms with E-state index < -0.39 is 0 Å². The average Bonchev–Trinajstić information content (AvgIpc) is 2.49. The molecular formula is C17H16Cl4. The molecule has 0 saturated heterocycles. The summed E-state index contributed by atoms with van der Waals surface area (Å²) >= 11 is 25.0. The first-order valence-corrected chi connectivity index (χ1v) is 8.47. The van der Waals surface area contributed by atoms with Crippen molar-refractivity contribution in [1.29, 1.82) is 0 Å². The van der Waals surface area contributed by atoms with Gasteiger partial charge in [-0.25, -0.2) is 0 Å². The Kier molecular flexibility index (Phi) is 5.85. The lowest BCUT2D eigenvalue weighted by molar-refractivity contribution is 0.536. The first-order valence-electron chi connectivity index (χ1n) is 6.64. The average molecular weight is 362 g/mol. The van der Waals surface area contributed by atoms with Crippen LogP contribution in [-0.4, -0.2) is 11.8 Å². The molecule has 2 aromatic carbocycles. The Hall–Kier alpha value is -0.400. The molecule has 21 heavy (non-hydrogen) atoms. The summed E-state index contributed by atoms with van der Waals surface area (Å²) in [5.41, 5.74) is 2.92. The molecule has 112 valence electrons. The van der Waals surface area contributed by atoms with Crippen LogP contribution in [0.1, 0.15) is 16.7 Å². The molecule has 4 heteroatoms. The van der Waals surface area contributed by atoms with Crippen LogP contribution in [-0.2, 0) is 11.8 Å². The first-order chi connectivity index (χ1) is 10.0. The van der Waals surface area contributed by atoms with Crippen molar-refractivity contribution < 1.29 is 0 Å². The molecule has 0 spiro atoms. The van der Waals surface area contributed by atoms with Gasteiger partial charge in [-0.3, -0.25) is 0 Å². The van der Waals surface area contributed by atoms with E-state index in [0.29, 0.717) is 28.2 Å². The summed E-state index contributed by atoms with van der Waals surface area (Å²) in [6.07, 6.45) is 0.656. The highest BCUT2D eigenvalue weighted by molar-refractivity contribution is 6.42. The summed E-state index contributed by atoms with van der Waals surface area (Å²) in [5, 5.41) is 1.13. The standard InChI is InChI=1S/C17H16Cl4/c1-12-4-2-6-14(8-12)17(10-18,11-19)9-13-5-3-7-15(20)16(13)21/h2-8H,9-11H2,1H3. The molecule has 0 atom stereocenters. The molecule has 0 bridgehead atoms. The highest BCUT2D eigenvalue weighted by Crippen LogP contribution is 2.36. The predicted molar refractivity (Wildman–Crippen MR) is 94.5 cm³/mol. The highest BCUT2D eigenvalue weighted by Gasteiger charge is 2.32. The molecule has 0 heterocycles. The van der Waals surface area contributed by atoms with Crippen LogP contribution < -0.4 is 0 Å². The molecule has 2 aromatic rings. The second-order valence-electron chi connectivity index (χ2n) is 5.31. The number of halogens is 4. The van der Waals surface area contributed by atoms with Crippen molar-refractivity contribution in [2.75, 3.05) is 11.8 Å². The zero-order valence-electron chi connectivity index (χ0n) is 11.7. The fraction of sp³-hybridized carbons (Fsp3) is 0.294. The number of hydrogen-bond donors (Lipinski definition) is 0. The van der Waals surface area contributed by atoms with Gasteiger partial charge in [-0.2, -0.15) is 0 Å². The number of benzene rings is 2. The van der Waals surface area contributed by atoms with E-state index in [1.54, 1.807) is 6.07 Å². The summed E-state index contributed by atoms with van der Waals surface area (Å²) in [5.74, 6) is 0.839. The Balaban J connectivity index is 2.45. The van der Waals surface area contributed by atoms with Crippen molar-refractivity contribution >= 4 is 46.4 Å². The minimum absolute atomic E-state index is 0.358. The van der Waals surface area contributed by atoms with Crippen molar-refractivity contribution in [3.05, 3.63) is 69.2 Å². The van der Waals surface area contributed by atoms with Gasteiger partial charge < -0.3 is 0 Å². The van der Waals surface area contributed by atoms with Crippen molar-refractivity contribution in [2.24, 2.45) is 0 Å². The summed E-state index contributed by atoms with van der Waals surface area (Å²) in [4.78, 5) is 0. The fourth-order valence-electron chi connectivity index (χ4n) is 2.41. The zero-order valence-corrected chi connectivity index (χ0v) is 14.7. The van der Waals surface area contributed by atoms with E-state index in [4.69, 9.17) is 46.4 Å². The largest absolute Gasteiger partial charge is 0.126 e. The van der Waals surface area contributed by atoms with Gasteiger partial charge >= 0.3 is 0 Å². The summed E-state index contributed by atoms with van der Waals surface area (Å²) in [6.45, 7) is 2.06. The summed E-state index contributed by atoms with van der Waals surface area (Å²) in [7, 11) is 0. The third kappa shape index (κ3) is 3.68. The van der Waals surface area contributed by atoms with Crippen LogP contribution in [0.3, 0.4) is 0 Å². The van der Waals surface area contributed by atoms with Gasteiger partial charge in [0.25, 0.3) is 0 Å². The summed E-state index contributed by atoms with van der Waals surface area (Å²) < 4.78 is 0. The van der Waals surface area contributed by atoms with Crippen LogP contribution in [0.5, 0.6) is 0 Å². The Morgan fingerprint density at radius 1 is 0.952 bits per heavy atom. The van der Waals surface area contributed by atoms with Crippen LogP contribution in [0.25, 0.3) is 0 Å². The van der Waals surface area contributed by atoms with Crippen LogP contribution in [0.4, 0.5) is 0 Å². The molecule has 0 aromatic heterocycles. The molecule has 0 aliphatic heterocycles. The molecule has 2 rings (SSSR count). The van der Waals surface area contributed by atoms with E-state index in [0.717, 1.165) is 11.1 Å². The molecule has 0 N–H and O–H groups in total. The third-order valence-electron chi connectivity index (χ3n) is 3.70. The zero-order chi connectivity index (χ0) is 15.5. The second-order valence-corrected chi connectivity index (χ2v) is 6.63. The normalized spacial score (nSPS) is 11.7. The summed E-state index contributed by atoms with van der Waals surface area (Å²) in [6, 6.07) is 13.9. The number of hydrogen-bond acceptors (Lipinski definition) is 0. The van der Waals surface area contributed by atoms with E-state index in [1.807, 2.05) is 18.2 Å². The lowest BCUT2D eigenvalue weighted by Crippen LogP contribution is -2.33. The van der Waals surface area contributed by atoms with Gasteiger partial charge in [0.05, 0.1) is 10.0 Å². The molecule has 0 nitrogen and oxygen atoms in total. The molecule has 0 saturated carbocycles. The van der Waals surface area contributed by atoms with Crippen molar-refractivity contribution in [1.82, 2.24) is 0 Å². The number of aryl methyl sites for hydroxylation is 1. The Bertz CT molecular complexity index is 618. The molecule has 0 unspecified atom stereocenters. The first kappa shape index (κ1) is 17.0. The van der Waals surface area contributed by atoms with Crippen molar-refractivity contribution in [3.63, 3.8) is 0 Å². The minimum atomic E-state index is -0.358. The van der Waals surface area contributed by atoms with Gasteiger partial charge in [-0.1, -0.05) is 65.2 Å². The predicted octanol–water partition coefficient (Wildman–Crippen LogP) is 6.26. The maximum Gasteiger partial charge on any atom is 0.0624 e. The van der Waals surface area contributed by atoms with Gasteiger partial charge in [0.2, 0.25) is 0 Å². The van der Waals surface area contributed by atoms with E-state index >= 15 is 0 Å². The number of alkyl halides is 2. The van der Waals surface area contributed by atoms with E-state index in [-0.39, 0.29) is 5.41 Å². The molecule has 0 fully saturated rings. The van der Waals surface area contributed by atoms with E-state index in [2.05, 4.69) is 25.1 Å². The Morgan fingerprint density at radius 3 is 2.24 bits per heavy atom. The molecule has 0 amide bonds. The van der Waals surface area contributed by atoms with Crippen molar-refractivity contribution in [3.8, 4) is 0 Å². The maximum atomic E-state index is 6.31. The molecular weight excluding hydrogens is 346 g/mol. The highest BCUT2D eigenvalue weighted by atomic mass is 35.5. The van der Waals surface area contributed by atoms with Crippen LogP contribution in [0.15, 0.2) is 42.5 Å². The van der Waals surface area contributed by atoms with Gasteiger partial charge in [-0.15, -0.1) is 23.2 Å². The topological polar surface area (TPSA) is 0 Å². The molecule has 0 aliphatic carbocycles. The fourth-order valence-corrected chi connectivity index (χ4v) is 3.58.